The molecule has 0 amide bonds. The Bertz CT molecular complexity index is 206. The van der Waals surface area contributed by atoms with E-state index in [2.05, 4.69) is 33.4 Å². The van der Waals surface area contributed by atoms with Crippen molar-refractivity contribution in [2.45, 2.75) is 44.9 Å². The van der Waals surface area contributed by atoms with Crippen LogP contribution < -0.4 is 0 Å². The minimum absolute atomic E-state index is 1.17. The van der Waals surface area contributed by atoms with Crippen molar-refractivity contribution in [3.8, 4) is 0 Å². The fourth-order valence-corrected chi connectivity index (χ4v) is 2.70. The Morgan fingerprint density at radius 2 is 1.71 bits per heavy atom. The summed E-state index contributed by atoms with van der Waals surface area (Å²) in [4.78, 5) is 1.55. The molecule has 0 saturated carbocycles. The standard InChI is InChI=1S/C12H19BrS/c13-10-6-4-2-1-3-5-8-12-9-7-11-14-12/h7,9,11H,1-6,8,10H2. The molecule has 0 bridgehead atoms. The van der Waals surface area contributed by atoms with E-state index in [9.17, 15) is 0 Å². The summed E-state index contributed by atoms with van der Waals surface area (Å²) in [6, 6.07) is 4.39. The second-order valence-electron chi connectivity index (χ2n) is 3.64. The Kier molecular flexibility index (Phi) is 7.42. The highest BCUT2D eigenvalue weighted by Gasteiger charge is 1.94. The zero-order valence-corrected chi connectivity index (χ0v) is 11.1. The largest absolute Gasteiger partial charge is 0.149 e. The van der Waals surface area contributed by atoms with E-state index in [1.807, 2.05) is 11.3 Å². The molecule has 1 aromatic heterocycles. The van der Waals surface area contributed by atoms with E-state index < -0.39 is 0 Å². The number of unbranched alkanes of at least 4 members (excludes halogenated alkanes) is 5. The molecule has 14 heavy (non-hydrogen) atoms. The van der Waals surface area contributed by atoms with E-state index >= 15 is 0 Å². The number of hydrogen-bond acceptors (Lipinski definition) is 1. The zero-order valence-electron chi connectivity index (χ0n) is 8.68. The average molecular weight is 275 g/mol. The van der Waals surface area contributed by atoms with Crippen molar-refractivity contribution < 1.29 is 0 Å². The van der Waals surface area contributed by atoms with Gasteiger partial charge in [-0.15, -0.1) is 11.3 Å². The minimum atomic E-state index is 1.17. The molecular weight excluding hydrogens is 256 g/mol. The maximum atomic E-state index is 3.46. The molecule has 0 aliphatic carbocycles. The Morgan fingerprint density at radius 3 is 2.36 bits per heavy atom. The second-order valence-corrected chi connectivity index (χ2v) is 5.46. The summed E-state index contributed by atoms with van der Waals surface area (Å²) in [5.41, 5.74) is 0. The van der Waals surface area contributed by atoms with Crippen LogP contribution in [0.1, 0.15) is 43.4 Å². The highest BCUT2D eigenvalue weighted by Crippen LogP contribution is 2.14. The van der Waals surface area contributed by atoms with Gasteiger partial charge in [-0.2, -0.15) is 0 Å². The van der Waals surface area contributed by atoms with Crippen molar-refractivity contribution in [3.63, 3.8) is 0 Å². The number of rotatable bonds is 8. The van der Waals surface area contributed by atoms with Gasteiger partial charge in [0.15, 0.2) is 0 Å². The van der Waals surface area contributed by atoms with E-state index in [0.29, 0.717) is 0 Å². The molecule has 1 aromatic rings. The molecule has 0 unspecified atom stereocenters. The molecule has 0 aliphatic rings. The van der Waals surface area contributed by atoms with E-state index in [1.54, 1.807) is 4.88 Å². The van der Waals surface area contributed by atoms with Crippen molar-refractivity contribution in [1.29, 1.82) is 0 Å². The van der Waals surface area contributed by atoms with Crippen molar-refractivity contribution in [2.75, 3.05) is 5.33 Å². The van der Waals surface area contributed by atoms with E-state index in [0.717, 1.165) is 0 Å². The lowest BCUT2D eigenvalue weighted by Gasteiger charge is -1.99. The third-order valence-electron chi connectivity index (χ3n) is 2.39. The zero-order chi connectivity index (χ0) is 10.1. The van der Waals surface area contributed by atoms with Crippen LogP contribution in [-0.4, -0.2) is 5.33 Å². The quantitative estimate of drug-likeness (QED) is 0.461. The van der Waals surface area contributed by atoms with Gasteiger partial charge in [-0.05, 0) is 30.7 Å². The summed E-state index contributed by atoms with van der Waals surface area (Å²) in [6.07, 6.45) is 9.62. The number of alkyl halides is 1. The molecule has 0 nitrogen and oxygen atoms in total. The summed E-state index contributed by atoms with van der Waals surface area (Å²) in [6.45, 7) is 0. The normalized spacial score (nSPS) is 10.6. The molecule has 0 N–H and O–H groups in total. The van der Waals surface area contributed by atoms with Crippen LogP contribution in [0.2, 0.25) is 0 Å². The maximum Gasteiger partial charge on any atom is 0.00452 e. The molecule has 0 radical (unpaired) electrons. The number of thiophene rings is 1. The van der Waals surface area contributed by atoms with Gasteiger partial charge in [0.1, 0.15) is 0 Å². The molecule has 0 aromatic carbocycles. The lowest BCUT2D eigenvalue weighted by molar-refractivity contribution is 0.611. The average Bonchev–Trinajstić information content (AvgIpc) is 2.69. The Hall–Kier alpha value is 0.180. The minimum Gasteiger partial charge on any atom is -0.149 e. The predicted molar refractivity (Wildman–Crippen MR) is 69.5 cm³/mol. The van der Waals surface area contributed by atoms with Crippen molar-refractivity contribution in [3.05, 3.63) is 22.4 Å². The third kappa shape index (κ3) is 5.82. The van der Waals surface area contributed by atoms with Gasteiger partial charge in [-0.3, -0.25) is 0 Å². The topological polar surface area (TPSA) is 0 Å². The van der Waals surface area contributed by atoms with Gasteiger partial charge in [0, 0.05) is 10.2 Å². The lowest BCUT2D eigenvalue weighted by Crippen LogP contribution is -1.83. The fraction of sp³-hybridized carbons (Fsp3) is 0.667. The Labute approximate surface area is 99.9 Å². The maximum absolute atomic E-state index is 3.46. The molecule has 0 spiro atoms. The number of halogens is 1. The van der Waals surface area contributed by atoms with Gasteiger partial charge in [0.25, 0.3) is 0 Å². The SMILES string of the molecule is BrCCCCCCCCc1cccs1. The molecule has 0 fully saturated rings. The first-order valence-electron chi connectivity index (χ1n) is 5.52. The van der Waals surface area contributed by atoms with Gasteiger partial charge in [-0.25, -0.2) is 0 Å². The molecule has 0 aliphatic heterocycles. The molecule has 0 atom stereocenters. The predicted octanol–water partition coefficient (Wildman–Crippen LogP) is 5.03. The number of hydrogen-bond donors (Lipinski definition) is 0. The summed E-state index contributed by atoms with van der Waals surface area (Å²) in [7, 11) is 0. The lowest BCUT2D eigenvalue weighted by atomic mass is 10.1. The molecule has 1 rings (SSSR count). The van der Waals surface area contributed by atoms with Gasteiger partial charge >= 0.3 is 0 Å². The molecule has 0 saturated heterocycles. The summed E-state index contributed by atoms with van der Waals surface area (Å²) >= 11 is 5.35. The molecule has 1 heterocycles. The highest BCUT2D eigenvalue weighted by molar-refractivity contribution is 9.09. The van der Waals surface area contributed by atoms with Crippen LogP contribution in [0.4, 0.5) is 0 Å². The van der Waals surface area contributed by atoms with Gasteiger partial charge < -0.3 is 0 Å². The van der Waals surface area contributed by atoms with Crippen LogP contribution in [0.15, 0.2) is 17.5 Å². The van der Waals surface area contributed by atoms with Crippen LogP contribution in [0.3, 0.4) is 0 Å². The summed E-state index contributed by atoms with van der Waals surface area (Å²) in [5.74, 6) is 0. The smallest absolute Gasteiger partial charge is 0.00452 e. The van der Waals surface area contributed by atoms with Gasteiger partial charge in [0.05, 0.1) is 0 Å². The molecule has 80 valence electrons. The van der Waals surface area contributed by atoms with Crippen molar-refractivity contribution in [2.24, 2.45) is 0 Å². The van der Waals surface area contributed by atoms with Crippen molar-refractivity contribution >= 4 is 27.3 Å². The van der Waals surface area contributed by atoms with E-state index in [1.165, 1.54) is 50.3 Å². The van der Waals surface area contributed by atoms with Crippen LogP contribution in [0.5, 0.6) is 0 Å². The van der Waals surface area contributed by atoms with Crippen LogP contribution in [0, 0.1) is 0 Å². The van der Waals surface area contributed by atoms with Crippen LogP contribution in [-0.2, 0) is 6.42 Å². The van der Waals surface area contributed by atoms with Crippen molar-refractivity contribution in [1.82, 2.24) is 0 Å². The van der Waals surface area contributed by atoms with Gasteiger partial charge in [0.2, 0.25) is 0 Å². The monoisotopic (exact) mass is 274 g/mol. The van der Waals surface area contributed by atoms with E-state index in [4.69, 9.17) is 0 Å². The summed E-state index contributed by atoms with van der Waals surface area (Å²) < 4.78 is 0. The van der Waals surface area contributed by atoms with Gasteiger partial charge in [-0.1, -0.05) is 47.7 Å². The van der Waals surface area contributed by atoms with Crippen LogP contribution in [0.25, 0.3) is 0 Å². The molecule has 2 heteroatoms. The number of aryl methyl sites for hydroxylation is 1. The first-order valence-corrected chi connectivity index (χ1v) is 7.52. The first-order chi connectivity index (χ1) is 6.93. The molecular formula is C12H19BrS. The fourth-order valence-electron chi connectivity index (χ4n) is 1.56. The Morgan fingerprint density at radius 1 is 1.00 bits per heavy atom. The van der Waals surface area contributed by atoms with E-state index in [-0.39, 0.29) is 0 Å². The Balaban J connectivity index is 1.85. The summed E-state index contributed by atoms with van der Waals surface area (Å²) in [5, 5.41) is 3.34. The first kappa shape index (κ1) is 12.3. The second kappa shape index (κ2) is 8.49. The third-order valence-corrected chi connectivity index (χ3v) is 3.88. The van der Waals surface area contributed by atoms with Crippen LogP contribution >= 0.6 is 27.3 Å². The highest BCUT2D eigenvalue weighted by atomic mass is 79.9.